The number of rotatable bonds is 3. The average molecular weight is 141 g/mol. The van der Waals surface area contributed by atoms with Crippen molar-refractivity contribution >= 4 is 0 Å². The molecule has 1 aliphatic rings. The molecule has 0 aromatic rings. The monoisotopic (exact) mass is 141 g/mol. The van der Waals surface area contributed by atoms with Crippen LogP contribution in [-0.4, -0.2) is 5.54 Å². The molecular formula is C9H19N. The predicted octanol–water partition coefficient (Wildman–Crippen LogP) is 2.16. The molecule has 0 radical (unpaired) electrons. The molecule has 1 aliphatic carbocycles. The summed E-state index contributed by atoms with van der Waals surface area (Å²) in [5.41, 5.74) is 6.34. The lowest BCUT2D eigenvalue weighted by molar-refractivity contribution is 0.450. The fourth-order valence-electron chi connectivity index (χ4n) is 1.96. The normalized spacial score (nSPS) is 38.7. The van der Waals surface area contributed by atoms with Crippen LogP contribution in [0.3, 0.4) is 0 Å². The van der Waals surface area contributed by atoms with Crippen molar-refractivity contribution in [2.24, 2.45) is 17.6 Å². The van der Waals surface area contributed by atoms with Crippen molar-refractivity contribution in [3.63, 3.8) is 0 Å². The van der Waals surface area contributed by atoms with Gasteiger partial charge in [-0.25, -0.2) is 0 Å². The Bertz CT molecular complexity index is 120. The van der Waals surface area contributed by atoms with Gasteiger partial charge < -0.3 is 5.73 Å². The van der Waals surface area contributed by atoms with Crippen LogP contribution in [0.2, 0.25) is 0 Å². The van der Waals surface area contributed by atoms with Crippen LogP contribution in [-0.2, 0) is 0 Å². The van der Waals surface area contributed by atoms with Crippen molar-refractivity contribution in [2.75, 3.05) is 0 Å². The lowest BCUT2D eigenvalue weighted by atomic mass is 10.00. The molecule has 2 N–H and O–H groups in total. The van der Waals surface area contributed by atoms with Gasteiger partial charge in [0.25, 0.3) is 0 Å². The maximum absolute atomic E-state index is 6.10. The Hall–Kier alpha value is -0.0400. The Labute approximate surface area is 64.0 Å². The van der Waals surface area contributed by atoms with Crippen LogP contribution in [0.4, 0.5) is 0 Å². The largest absolute Gasteiger partial charge is 0.325 e. The van der Waals surface area contributed by atoms with Crippen LogP contribution in [0.25, 0.3) is 0 Å². The van der Waals surface area contributed by atoms with E-state index in [2.05, 4.69) is 20.8 Å². The number of nitrogens with two attached hydrogens (primary N) is 1. The van der Waals surface area contributed by atoms with E-state index < -0.39 is 0 Å². The van der Waals surface area contributed by atoms with Crippen LogP contribution < -0.4 is 5.73 Å². The summed E-state index contributed by atoms with van der Waals surface area (Å²) in [7, 11) is 0. The van der Waals surface area contributed by atoms with Gasteiger partial charge in [-0.3, -0.25) is 0 Å². The minimum atomic E-state index is 0.239. The third-order valence-electron chi connectivity index (χ3n) is 2.56. The highest BCUT2D eigenvalue weighted by atomic mass is 14.9. The van der Waals surface area contributed by atoms with E-state index in [-0.39, 0.29) is 5.54 Å². The molecule has 2 atom stereocenters. The molecule has 0 aliphatic heterocycles. The highest BCUT2D eigenvalue weighted by molar-refractivity contribution is 5.07. The molecule has 0 amide bonds. The van der Waals surface area contributed by atoms with Gasteiger partial charge in [0.15, 0.2) is 0 Å². The Morgan fingerprint density at radius 3 is 2.50 bits per heavy atom. The Morgan fingerprint density at radius 2 is 2.20 bits per heavy atom. The lowest BCUT2D eigenvalue weighted by Crippen LogP contribution is -2.26. The van der Waals surface area contributed by atoms with Gasteiger partial charge in [0, 0.05) is 5.54 Å². The van der Waals surface area contributed by atoms with Gasteiger partial charge in [0.1, 0.15) is 0 Å². The molecule has 0 aromatic carbocycles. The van der Waals surface area contributed by atoms with E-state index in [1.54, 1.807) is 0 Å². The maximum Gasteiger partial charge on any atom is 0.0189 e. The predicted molar refractivity (Wildman–Crippen MR) is 44.8 cm³/mol. The van der Waals surface area contributed by atoms with E-state index in [1.807, 2.05) is 0 Å². The van der Waals surface area contributed by atoms with Gasteiger partial charge in [-0.1, -0.05) is 27.2 Å². The molecular weight excluding hydrogens is 122 g/mol. The SMILES string of the molecule is CCC1CC1(N)CC(C)C. The summed E-state index contributed by atoms with van der Waals surface area (Å²) in [5, 5.41) is 0. The molecule has 0 bridgehead atoms. The third kappa shape index (κ3) is 1.51. The smallest absolute Gasteiger partial charge is 0.0189 e. The standard InChI is InChI=1S/C9H19N/c1-4-8-6-9(8,10)5-7(2)3/h7-8H,4-6,10H2,1-3H3. The molecule has 1 fully saturated rings. The van der Waals surface area contributed by atoms with Crippen LogP contribution in [0.5, 0.6) is 0 Å². The maximum atomic E-state index is 6.10. The van der Waals surface area contributed by atoms with Crippen molar-refractivity contribution in [3.8, 4) is 0 Å². The van der Waals surface area contributed by atoms with E-state index >= 15 is 0 Å². The molecule has 0 heterocycles. The first-order chi connectivity index (χ1) is 4.58. The topological polar surface area (TPSA) is 26.0 Å². The summed E-state index contributed by atoms with van der Waals surface area (Å²) in [4.78, 5) is 0. The Kier molecular flexibility index (Phi) is 2.04. The fraction of sp³-hybridized carbons (Fsp3) is 1.00. The quantitative estimate of drug-likeness (QED) is 0.640. The molecule has 1 heteroatoms. The first-order valence-corrected chi connectivity index (χ1v) is 4.37. The van der Waals surface area contributed by atoms with Crippen LogP contribution in [0, 0.1) is 11.8 Å². The van der Waals surface area contributed by atoms with E-state index in [9.17, 15) is 0 Å². The van der Waals surface area contributed by atoms with Gasteiger partial charge in [0.2, 0.25) is 0 Å². The molecule has 1 saturated carbocycles. The molecule has 10 heavy (non-hydrogen) atoms. The van der Waals surface area contributed by atoms with Gasteiger partial charge in [-0.05, 0) is 24.7 Å². The summed E-state index contributed by atoms with van der Waals surface area (Å²) in [5.74, 6) is 1.59. The van der Waals surface area contributed by atoms with Crippen molar-refractivity contribution < 1.29 is 0 Å². The Balaban J connectivity index is 2.29. The molecule has 1 nitrogen and oxygen atoms in total. The van der Waals surface area contributed by atoms with E-state index in [0.29, 0.717) is 0 Å². The average Bonchev–Trinajstić information content (AvgIpc) is 2.39. The second-order valence-corrected chi connectivity index (χ2v) is 4.14. The first kappa shape index (κ1) is 8.06. The fourth-order valence-corrected chi connectivity index (χ4v) is 1.96. The molecule has 0 aromatic heterocycles. The zero-order chi connectivity index (χ0) is 7.78. The molecule has 0 saturated heterocycles. The highest BCUT2D eigenvalue weighted by Gasteiger charge is 2.49. The van der Waals surface area contributed by atoms with E-state index in [4.69, 9.17) is 5.73 Å². The summed E-state index contributed by atoms with van der Waals surface area (Å²) in [6, 6.07) is 0. The molecule has 0 spiro atoms. The number of hydrogen-bond donors (Lipinski definition) is 1. The second-order valence-electron chi connectivity index (χ2n) is 4.14. The first-order valence-electron chi connectivity index (χ1n) is 4.37. The van der Waals surface area contributed by atoms with Crippen molar-refractivity contribution in [1.82, 2.24) is 0 Å². The third-order valence-corrected chi connectivity index (χ3v) is 2.56. The van der Waals surface area contributed by atoms with E-state index in [0.717, 1.165) is 11.8 Å². The Morgan fingerprint density at radius 1 is 1.60 bits per heavy atom. The van der Waals surface area contributed by atoms with Crippen LogP contribution in [0.1, 0.15) is 40.0 Å². The lowest BCUT2D eigenvalue weighted by Gasteiger charge is -2.12. The highest BCUT2D eigenvalue weighted by Crippen LogP contribution is 2.47. The zero-order valence-electron chi connectivity index (χ0n) is 7.35. The summed E-state index contributed by atoms with van der Waals surface area (Å²) < 4.78 is 0. The minimum absolute atomic E-state index is 0.239. The van der Waals surface area contributed by atoms with E-state index in [1.165, 1.54) is 19.3 Å². The van der Waals surface area contributed by atoms with Gasteiger partial charge in [-0.15, -0.1) is 0 Å². The van der Waals surface area contributed by atoms with Crippen molar-refractivity contribution in [1.29, 1.82) is 0 Å². The summed E-state index contributed by atoms with van der Waals surface area (Å²) >= 11 is 0. The van der Waals surface area contributed by atoms with Crippen molar-refractivity contribution in [3.05, 3.63) is 0 Å². The van der Waals surface area contributed by atoms with Gasteiger partial charge in [0.05, 0.1) is 0 Å². The molecule has 2 unspecified atom stereocenters. The minimum Gasteiger partial charge on any atom is -0.325 e. The van der Waals surface area contributed by atoms with Gasteiger partial charge >= 0.3 is 0 Å². The summed E-state index contributed by atoms with van der Waals surface area (Å²) in [6.07, 6.45) is 3.75. The molecule has 1 rings (SSSR count). The van der Waals surface area contributed by atoms with Crippen LogP contribution >= 0.6 is 0 Å². The van der Waals surface area contributed by atoms with Crippen LogP contribution in [0.15, 0.2) is 0 Å². The number of hydrogen-bond acceptors (Lipinski definition) is 1. The van der Waals surface area contributed by atoms with Crippen molar-refractivity contribution in [2.45, 2.75) is 45.6 Å². The zero-order valence-corrected chi connectivity index (χ0v) is 7.35. The van der Waals surface area contributed by atoms with Gasteiger partial charge in [-0.2, -0.15) is 0 Å². The molecule has 60 valence electrons. The summed E-state index contributed by atoms with van der Waals surface area (Å²) in [6.45, 7) is 6.74. The second kappa shape index (κ2) is 2.54.